The molecule has 17 heavy (non-hydrogen) atoms. The van der Waals surface area contributed by atoms with E-state index in [1.165, 1.54) is 0 Å². The maximum atomic E-state index is 6.09. The van der Waals surface area contributed by atoms with Crippen LogP contribution in [0.4, 0.5) is 5.69 Å². The first-order valence-electron chi connectivity index (χ1n) is 5.07. The zero-order valence-corrected chi connectivity index (χ0v) is 11.3. The molecule has 0 aliphatic heterocycles. The number of rotatable bonds is 3. The van der Waals surface area contributed by atoms with Crippen molar-refractivity contribution in [3.8, 4) is 5.75 Å². The molecular weight excluding hydrogens is 302 g/mol. The van der Waals surface area contributed by atoms with Crippen molar-refractivity contribution in [3.63, 3.8) is 0 Å². The minimum Gasteiger partial charge on any atom is -0.489 e. The molecule has 0 radical (unpaired) electrons. The fourth-order valence-electron chi connectivity index (χ4n) is 1.40. The van der Waals surface area contributed by atoms with E-state index in [0.29, 0.717) is 17.3 Å². The predicted molar refractivity (Wildman–Crippen MR) is 74.3 cm³/mol. The van der Waals surface area contributed by atoms with Gasteiger partial charge in [-0.3, -0.25) is 0 Å². The standard InChI is InChI=1S/C13H11BrClNO/c14-10-5-4-9(13(15)6-10)8-17-12-3-1-2-11(16)7-12/h1-7H,8,16H2. The molecular formula is C13H11BrClNO. The lowest BCUT2D eigenvalue weighted by atomic mass is 10.2. The van der Waals surface area contributed by atoms with Crippen molar-refractivity contribution in [1.29, 1.82) is 0 Å². The van der Waals surface area contributed by atoms with Crippen molar-refractivity contribution >= 4 is 33.2 Å². The molecule has 0 saturated heterocycles. The second kappa shape index (κ2) is 5.43. The molecule has 2 N–H and O–H groups in total. The molecule has 0 heterocycles. The van der Waals surface area contributed by atoms with Gasteiger partial charge in [-0.25, -0.2) is 0 Å². The first-order chi connectivity index (χ1) is 8.15. The normalized spacial score (nSPS) is 10.2. The van der Waals surface area contributed by atoms with Crippen LogP contribution in [-0.4, -0.2) is 0 Å². The lowest BCUT2D eigenvalue weighted by molar-refractivity contribution is 0.306. The number of nitrogens with two attached hydrogens (primary N) is 1. The maximum Gasteiger partial charge on any atom is 0.121 e. The Hall–Kier alpha value is -1.19. The quantitative estimate of drug-likeness (QED) is 0.859. The molecule has 2 nitrogen and oxygen atoms in total. The third kappa shape index (κ3) is 3.38. The summed E-state index contributed by atoms with van der Waals surface area (Å²) in [5.41, 5.74) is 7.29. The van der Waals surface area contributed by atoms with Gasteiger partial charge in [0.2, 0.25) is 0 Å². The summed E-state index contributed by atoms with van der Waals surface area (Å²) in [6, 6.07) is 13.0. The highest BCUT2D eigenvalue weighted by atomic mass is 79.9. The van der Waals surface area contributed by atoms with Crippen molar-refractivity contribution in [1.82, 2.24) is 0 Å². The molecule has 0 aliphatic carbocycles. The number of anilines is 1. The Bertz CT molecular complexity index is 531. The highest BCUT2D eigenvalue weighted by Gasteiger charge is 2.02. The molecule has 0 unspecified atom stereocenters. The molecule has 4 heteroatoms. The molecule has 0 atom stereocenters. The summed E-state index contributed by atoms with van der Waals surface area (Å²) in [6.45, 7) is 0.426. The second-order valence-corrected chi connectivity index (χ2v) is 4.92. The Balaban J connectivity index is 2.07. The minimum absolute atomic E-state index is 0.426. The first kappa shape index (κ1) is 12.3. The van der Waals surface area contributed by atoms with Crippen molar-refractivity contribution in [2.75, 3.05) is 5.73 Å². The Morgan fingerprint density at radius 2 is 2.00 bits per heavy atom. The third-order valence-electron chi connectivity index (χ3n) is 2.27. The molecule has 0 aliphatic rings. The van der Waals surface area contributed by atoms with E-state index in [9.17, 15) is 0 Å². The molecule has 0 fully saturated rings. The summed E-state index contributed by atoms with van der Waals surface area (Å²) in [5, 5.41) is 0.684. The van der Waals surface area contributed by atoms with Crippen LogP contribution in [0.1, 0.15) is 5.56 Å². The van der Waals surface area contributed by atoms with E-state index in [1.807, 2.05) is 36.4 Å². The van der Waals surface area contributed by atoms with Crippen molar-refractivity contribution in [2.24, 2.45) is 0 Å². The second-order valence-electron chi connectivity index (χ2n) is 3.60. The van der Waals surface area contributed by atoms with Gasteiger partial charge in [-0.15, -0.1) is 0 Å². The van der Waals surface area contributed by atoms with Crippen LogP contribution in [0.3, 0.4) is 0 Å². The van der Waals surface area contributed by atoms with E-state index >= 15 is 0 Å². The lowest BCUT2D eigenvalue weighted by Gasteiger charge is -2.08. The van der Waals surface area contributed by atoms with E-state index in [-0.39, 0.29) is 0 Å². The van der Waals surface area contributed by atoms with E-state index < -0.39 is 0 Å². The van der Waals surface area contributed by atoms with Gasteiger partial charge < -0.3 is 10.5 Å². The summed E-state index contributed by atoms with van der Waals surface area (Å²) in [6.07, 6.45) is 0. The monoisotopic (exact) mass is 311 g/mol. The fourth-order valence-corrected chi connectivity index (χ4v) is 2.13. The summed E-state index contributed by atoms with van der Waals surface area (Å²) in [7, 11) is 0. The van der Waals surface area contributed by atoms with Crippen LogP contribution in [0.25, 0.3) is 0 Å². The topological polar surface area (TPSA) is 35.2 Å². The number of hydrogen-bond acceptors (Lipinski definition) is 2. The van der Waals surface area contributed by atoms with Crippen LogP contribution < -0.4 is 10.5 Å². The van der Waals surface area contributed by atoms with Gasteiger partial charge in [0.25, 0.3) is 0 Å². The van der Waals surface area contributed by atoms with Crippen LogP contribution in [0.15, 0.2) is 46.9 Å². The SMILES string of the molecule is Nc1cccc(OCc2ccc(Br)cc2Cl)c1. The number of halogens is 2. The lowest BCUT2D eigenvalue weighted by Crippen LogP contribution is -1.96. The molecule has 2 rings (SSSR count). The van der Waals surface area contributed by atoms with Gasteiger partial charge in [-0.2, -0.15) is 0 Å². The highest BCUT2D eigenvalue weighted by molar-refractivity contribution is 9.10. The van der Waals surface area contributed by atoms with Gasteiger partial charge in [0.05, 0.1) is 0 Å². The summed E-state index contributed by atoms with van der Waals surface area (Å²) in [5.74, 6) is 0.740. The van der Waals surface area contributed by atoms with Crippen LogP contribution in [0.2, 0.25) is 5.02 Å². The third-order valence-corrected chi connectivity index (χ3v) is 3.11. The smallest absolute Gasteiger partial charge is 0.121 e. The van der Waals surface area contributed by atoms with Gasteiger partial charge in [0.15, 0.2) is 0 Å². The van der Waals surface area contributed by atoms with Crippen LogP contribution in [-0.2, 0) is 6.61 Å². The van der Waals surface area contributed by atoms with E-state index in [0.717, 1.165) is 15.8 Å². The largest absolute Gasteiger partial charge is 0.489 e. The number of ether oxygens (including phenoxy) is 1. The Kier molecular flexibility index (Phi) is 3.92. The van der Waals surface area contributed by atoms with Gasteiger partial charge in [-0.05, 0) is 24.3 Å². The van der Waals surface area contributed by atoms with E-state index in [4.69, 9.17) is 22.1 Å². The predicted octanol–water partition coefficient (Wildman–Crippen LogP) is 4.26. The van der Waals surface area contributed by atoms with Gasteiger partial charge in [-0.1, -0.05) is 39.7 Å². The molecule has 2 aromatic carbocycles. The van der Waals surface area contributed by atoms with Crippen molar-refractivity contribution in [3.05, 3.63) is 57.5 Å². The van der Waals surface area contributed by atoms with Crippen LogP contribution in [0, 0.1) is 0 Å². The summed E-state index contributed by atoms with van der Waals surface area (Å²) in [4.78, 5) is 0. The molecule has 0 spiro atoms. The Morgan fingerprint density at radius 3 is 2.71 bits per heavy atom. The van der Waals surface area contributed by atoms with Crippen molar-refractivity contribution < 1.29 is 4.74 Å². The molecule has 2 aromatic rings. The zero-order valence-electron chi connectivity index (χ0n) is 8.99. The summed E-state index contributed by atoms with van der Waals surface area (Å²) >= 11 is 9.45. The summed E-state index contributed by atoms with van der Waals surface area (Å²) < 4.78 is 6.57. The highest BCUT2D eigenvalue weighted by Crippen LogP contribution is 2.23. The van der Waals surface area contributed by atoms with Crippen molar-refractivity contribution in [2.45, 2.75) is 6.61 Å². The number of nitrogen functional groups attached to an aromatic ring is 1. The molecule has 0 amide bonds. The fraction of sp³-hybridized carbons (Fsp3) is 0.0769. The molecule has 0 aromatic heterocycles. The average Bonchev–Trinajstić information content (AvgIpc) is 2.28. The minimum atomic E-state index is 0.426. The number of benzene rings is 2. The maximum absolute atomic E-state index is 6.09. The van der Waals surface area contributed by atoms with E-state index in [2.05, 4.69) is 15.9 Å². The van der Waals surface area contributed by atoms with Gasteiger partial charge >= 0.3 is 0 Å². The molecule has 0 bridgehead atoms. The zero-order chi connectivity index (χ0) is 12.3. The van der Waals surface area contributed by atoms with Gasteiger partial charge in [0, 0.05) is 26.8 Å². The number of hydrogen-bond donors (Lipinski definition) is 1. The van der Waals surface area contributed by atoms with E-state index in [1.54, 1.807) is 6.07 Å². The Labute approximate surface area is 113 Å². The first-order valence-corrected chi connectivity index (χ1v) is 6.24. The molecule has 0 saturated carbocycles. The average molecular weight is 313 g/mol. The van der Waals surface area contributed by atoms with Crippen LogP contribution >= 0.6 is 27.5 Å². The molecule has 88 valence electrons. The van der Waals surface area contributed by atoms with Gasteiger partial charge in [0.1, 0.15) is 12.4 Å². The Morgan fingerprint density at radius 1 is 1.18 bits per heavy atom. The van der Waals surface area contributed by atoms with Crippen LogP contribution in [0.5, 0.6) is 5.75 Å².